The number of carbonyl (C=O) groups is 1. The Morgan fingerprint density at radius 1 is 1.18 bits per heavy atom. The van der Waals surface area contributed by atoms with Crippen LogP contribution in [0.3, 0.4) is 0 Å². The maximum Gasteiger partial charge on any atom is 0.266 e. The first kappa shape index (κ1) is 19.9. The van der Waals surface area contributed by atoms with E-state index in [0.717, 1.165) is 34.7 Å². The standard InChI is InChI=1S/C20H24N4O3S/c1-6-24(7-2)18-16-12(3)17(28-20(16)22-11-21-18)19(25)23-14-9-8-13(26-4)10-15(14)27-5/h8-11H,6-7H2,1-5H3,(H,23,25). The molecule has 0 fully saturated rings. The number of aromatic nitrogens is 2. The van der Waals surface area contributed by atoms with Gasteiger partial charge in [-0.25, -0.2) is 9.97 Å². The third-order valence-corrected chi connectivity index (χ3v) is 5.83. The topological polar surface area (TPSA) is 76.6 Å². The van der Waals surface area contributed by atoms with E-state index < -0.39 is 0 Å². The Labute approximate surface area is 168 Å². The number of thiophene rings is 1. The summed E-state index contributed by atoms with van der Waals surface area (Å²) in [5, 5.41) is 3.87. The number of aryl methyl sites for hydroxylation is 1. The number of carbonyl (C=O) groups excluding carboxylic acids is 1. The molecule has 1 N–H and O–H groups in total. The summed E-state index contributed by atoms with van der Waals surface area (Å²) in [5.41, 5.74) is 1.47. The van der Waals surface area contributed by atoms with Crippen molar-refractivity contribution in [2.24, 2.45) is 0 Å². The molecular weight excluding hydrogens is 376 g/mol. The molecular formula is C20H24N4O3S. The van der Waals surface area contributed by atoms with Crippen molar-refractivity contribution in [3.05, 3.63) is 35.0 Å². The lowest BCUT2D eigenvalue weighted by molar-refractivity contribution is 0.102. The summed E-state index contributed by atoms with van der Waals surface area (Å²) < 4.78 is 10.6. The predicted molar refractivity (Wildman–Crippen MR) is 113 cm³/mol. The van der Waals surface area contributed by atoms with E-state index in [4.69, 9.17) is 9.47 Å². The number of nitrogens with one attached hydrogen (secondary N) is 1. The molecule has 0 aliphatic rings. The Kier molecular flexibility index (Phi) is 5.99. The van der Waals surface area contributed by atoms with Crippen molar-refractivity contribution in [2.75, 3.05) is 37.5 Å². The van der Waals surface area contributed by atoms with Crippen molar-refractivity contribution in [1.82, 2.24) is 9.97 Å². The maximum atomic E-state index is 13.0. The van der Waals surface area contributed by atoms with Gasteiger partial charge in [-0.3, -0.25) is 4.79 Å². The fourth-order valence-corrected chi connectivity index (χ4v) is 4.15. The van der Waals surface area contributed by atoms with Crippen LogP contribution >= 0.6 is 11.3 Å². The lowest BCUT2D eigenvalue weighted by Crippen LogP contribution is -2.23. The summed E-state index contributed by atoms with van der Waals surface area (Å²) >= 11 is 1.37. The van der Waals surface area contributed by atoms with Gasteiger partial charge in [0.15, 0.2) is 0 Å². The first-order valence-corrected chi connectivity index (χ1v) is 9.88. The zero-order valence-corrected chi connectivity index (χ0v) is 17.5. The zero-order valence-electron chi connectivity index (χ0n) is 16.7. The smallest absolute Gasteiger partial charge is 0.266 e. The number of benzene rings is 1. The molecule has 0 atom stereocenters. The molecule has 0 saturated carbocycles. The fourth-order valence-electron chi connectivity index (χ4n) is 3.11. The van der Waals surface area contributed by atoms with Gasteiger partial charge in [-0.15, -0.1) is 11.3 Å². The van der Waals surface area contributed by atoms with Crippen LogP contribution in [0.15, 0.2) is 24.5 Å². The number of ether oxygens (including phenoxy) is 2. The number of hydrogen-bond donors (Lipinski definition) is 1. The van der Waals surface area contributed by atoms with E-state index >= 15 is 0 Å². The Balaban J connectivity index is 1.99. The van der Waals surface area contributed by atoms with E-state index in [1.54, 1.807) is 38.7 Å². The highest BCUT2D eigenvalue weighted by molar-refractivity contribution is 7.20. The van der Waals surface area contributed by atoms with Crippen LogP contribution in [0.2, 0.25) is 0 Å². The minimum atomic E-state index is -0.200. The quantitative estimate of drug-likeness (QED) is 0.643. The van der Waals surface area contributed by atoms with Gasteiger partial charge >= 0.3 is 0 Å². The Morgan fingerprint density at radius 3 is 2.57 bits per heavy atom. The number of rotatable bonds is 7. The summed E-state index contributed by atoms with van der Waals surface area (Å²) in [6.45, 7) is 7.78. The molecule has 0 unspecified atom stereocenters. The van der Waals surface area contributed by atoms with E-state index in [2.05, 4.69) is 34.0 Å². The second-order valence-corrected chi connectivity index (χ2v) is 7.13. The van der Waals surface area contributed by atoms with Gasteiger partial charge in [0, 0.05) is 19.2 Å². The van der Waals surface area contributed by atoms with Gasteiger partial charge in [-0.2, -0.15) is 0 Å². The molecule has 1 aromatic carbocycles. The highest BCUT2D eigenvalue weighted by Gasteiger charge is 2.22. The van der Waals surface area contributed by atoms with Crippen molar-refractivity contribution < 1.29 is 14.3 Å². The second-order valence-electron chi connectivity index (χ2n) is 6.13. The number of methoxy groups -OCH3 is 2. The normalized spacial score (nSPS) is 10.8. The van der Waals surface area contributed by atoms with Crippen LogP contribution in [-0.4, -0.2) is 43.2 Å². The summed E-state index contributed by atoms with van der Waals surface area (Å²) in [4.78, 5) is 25.4. The monoisotopic (exact) mass is 400 g/mol. The SMILES string of the molecule is CCN(CC)c1ncnc2sc(C(=O)Nc3ccc(OC)cc3OC)c(C)c12. The summed E-state index contributed by atoms with van der Waals surface area (Å²) in [6.07, 6.45) is 1.56. The van der Waals surface area contributed by atoms with E-state index in [-0.39, 0.29) is 5.91 Å². The van der Waals surface area contributed by atoms with Gasteiger partial charge in [0.05, 0.1) is 30.2 Å². The third kappa shape index (κ3) is 3.60. The molecule has 2 heterocycles. The molecule has 8 heteroatoms. The number of fused-ring (bicyclic) bond motifs is 1. The molecule has 148 valence electrons. The van der Waals surface area contributed by atoms with Crippen molar-refractivity contribution in [3.8, 4) is 11.5 Å². The van der Waals surface area contributed by atoms with Gasteiger partial charge in [0.25, 0.3) is 5.91 Å². The average molecular weight is 401 g/mol. The fraction of sp³-hybridized carbons (Fsp3) is 0.350. The lowest BCUT2D eigenvalue weighted by Gasteiger charge is -2.20. The Morgan fingerprint density at radius 2 is 1.93 bits per heavy atom. The number of anilines is 2. The Hall–Kier alpha value is -2.87. The van der Waals surface area contributed by atoms with Gasteiger partial charge in [0.1, 0.15) is 28.5 Å². The van der Waals surface area contributed by atoms with Gasteiger partial charge in [-0.1, -0.05) is 0 Å². The molecule has 3 rings (SSSR count). The van der Waals surface area contributed by atoms with Crippen molar-refractivity contribution in [2.45, 2.75) is 20.8 Å². The summed E-state index contributed by atoms with van der Waals surface area (Å²) in [7, 11) is 3.14. The molecule has 28 heavy (non-hydrogen) atoms. The van der Waals surface area contributed by atoms with Crippen molar-refractivity contribution in [3.63, 3.8) is 0 Å². The first-order chi connectivity index (χ1) is 13.5. The molecule has 0 aliphatic carbocycles. The molecule has 0 bridgehead atoms. The molecule has 0 spiro atoms. The Bertz CT molecular complexity index is 999. The van der Waals surface area contributed by atoms with Crippen LogP contribution in [0.1, 0.15) is 29.1 Å². The van der Waals surface area contributed by atoms with Crippen LogP contribution in [0.25, 0.3) is 10.2 Å². The molecule has 7 nitrogen and oxygen atoms in total. The minimum Gasteiger partial charge on any atom is -0.497 e. The molecule has 2 aromatic heterocycles. The average Bonchev–Trinajstić information content (AvgIpc) is 3.06. The van der Waals surface area contributed by atoms with E-state index in [0.29, 0.717) is 22.1 Å². The summed E-state index contributed by atoms with van der Waals surface area (Å²) in [5.74, 6) is 1.86. The number of nitrogens with zero attached hydrogens (tertiary/aromatic N) is 3. The first-order valence-electron chi connectivity index (χ1n) is 9.06. The van der Waals surface area contributed by atoms with E-state index in [9.17, 15) is 4.79 Å². The number of amides is 1. The minimum absolute atomic E-state index is 0.200. The van der Waals surface area contributed by atoms with Crippen LogP contribution in [-0.2, 0) is 0 Å². The van der Waals surface area contributed by atoms with E-state index in [1.807, 2.05) is 6.92 Å². The molecule has 0 aliphatic heterocycles. The van der Waals surface area contributed by atoms with Gasteiger partial charge < -0.3 is 19.7 Å². The number of hydrogen-bond acceptors (Lipinski definition) is 7. The summed E-state index contributed by atoms with van der Waals surface area (Å²) in [6, 6.07) is 5.27. The highest BCUT2D eigenvalue weighted by atomic mass is 32.1. The third-order valence-electron chi connectivity index (χ3n) is 4.63. The zero-order chi connectivity index (χ0) is 20.3. The van der Waals surface area contributed by atoms with Gasteiger partial charge in [0.2, 0.25) is 0 Å². The van der Waals surface area contributed by atoms with Crippen LogP contribution in [0, 0.1) is 6.92 Å². The molecule has 1 amide bonds. The molecule has 3 aromatic rings. The van der Waals surface area contributed by atoms with Gasteiger partial charge in [-0.05, 0) is 38.5 Å². The van der Waals surface area contributed by atoms with Crippen LogP contribution < -0.4 is 19.7 Å². The predicted octanol–water partition coefficient (Wildman–Crippen LogP) is 4.12. The van der Waals surface area contributed by atoms with Crippen LogP contribution in [0.4, 0.5) is 11.5 Å². The maximum absolute atomic E-state index is 13.0. The van der Waals surface area contributed by atoms with Crippen molar-refractivity contribution >= 4 is 39.0 Å². The van der Waals surface area contributed by atoms with E-state index in [1.165, 1.54) is 11.3 Å². The highest BCUT2D eigenvalue weighted by Crippen LogP contribution is 2.36. The second kappa shape index (κ2) is 8.43. The lowest BCUT2D eigenvalue weighted by atomic mass is 10.2. The molecule has 0 radical (unpaired) electrons. The molecule has 0 saturated heterocycles. The largest absolute Gasteiger partial charge is 0.497 e. The van der Waals surface area contributed by atoms with Crippen LogP contribution in [0.5, 0.6) is 11.5 Å². The van der Waals surface area contributed by atoms with Crippen molar-refractivity contribution in [1.29, 1.82) is 0 Å².